The molecule has 0 radical (unpaired) electrons. The minimum absolute atomic E-state index is 0.188. The van der Waals surface area contributed by atoms with Crippen molar-refractivity contribution >= 4 is 10.0 Å². The van der Waals surface area contributed by atoms with E-state index in [0.29, 0.717) is 35.4 Å². The van der Waals surface area contributed by atoms with Crippen molar-refractivity contribution in [2.45, 2.75) is 69.5 Å². The first kappa shape index (κ1) is 15.0. The van der Waals surface area contributed by atoms with Gasteiger partial charge in [0.15, 0.2) is 0 Å². The van der Waals surface area contributed by atoms with E-state index in [1.807, 2.05) is 6.92 Å². The number of hydrogen-bond acceptors (Lipinski definition) is 4. The van der Waals surface area contributed by atoms with E-state index in [9.17, 15) is 8.42 Å². The predicted molar refractivity (Wildman–Crippen MR) is 80.4 cm³/mol. The Morgan fingerprint density at radius 2 is 2.05 bits per heavy atom. The maximum Gasteiger partial charge on any atom is 0.247 e. The third kappa shape index (κ3) is 3.14. The van der Waals surface area contributed by atoms with Crippen LogP contribution in [0.3, 0.4) is 0 Å². The topological polar surface area (TPSA) is 78.1 Å². The molecule has 0 unspecified atom stereocenters. The molecule has 2 saturated carbocycles. The molecule has 2 fully saturated rings. The molecule has 2 aliphatic carbocycles. The van der Waals surface area contributed by atoms with Crippen molar-refractivity contribution in [3.8, 4) is 0 Å². The summed E-state index contributed by atoms with van der Waals surface area (Å²) in [5, 5.41) is 10.4. The van der Waals surface area contributed by atoms with Crippen molar-refractivity contribution in [3.63, 3.8) is 0 Å². The van der Waals surface area contributed by atoms with Crippen LogP contribution in [0.2, 0.25) is 0 Å². The monoisotopic (exact) mass is 312 g/mol. The maximum absolute atomic E-state index is 13.0. The number of aromatic amines is 1. The number of sulfonamides is 1. The summed E-state index contributed by atoms with van der Waals surface area (Å²) in [5.74, 6) is 0. The molecular weight excluding hydrogens is 288 g/mol. The van der Waals surface area contributed by atoms with Gasteiger partial charge in [0, 0.05) is 25.2 Å². The van der Waals surface area contributed by atoms with Gasteiger partial charge in [0.1, 0.15) is 4.90 Å². The van der Waals surface area contributed by atoms with Gasteiger partial charge >= 0.3 is 0 Å². The zero-order valence-electron chi connectivity index (χ0n) is 12.7. The zero-order valence-corrected chi connectivity index (χ0v) is 13.5. The highest BCUT2D eigenvalue weighted by molar-refractivity contribution is 7.89. The van der Waals surface area contributed by atoms with Crippen LogP contribution < -0.4 is 5.32 Å². The molecule has 6 nitrogen and oxygen atoms in total. The van der Waals surface area contributed by atoms with E-state index in [-0.39, 0.29) is 6.04 Å². The molecule has 0 aromatic carbocycles. The van der Waals surface area contributed by atoms with E-state index >= 15 is 0 Å². The van der Waals surface area contributed by atoms with Crippen LogP contribution >= 0.6 is 0 Å². The lowest BCUT2D eigenvalue weighted by Crippen LogP contribution is -2.35. The lowest BCUT2D eigenvalue weighted by Gasteiger charge is -2.21. The van der Waals surface area contributed by atoms with Crippen molar-refractivity contribution in [2.75, 3.05) is 6.54 Å². The summed E-state index contributed by atoms with van der Waals surface area (Å²) in [7, 11) is -3.45. The van der Waals surface area contributed by atoms with Crippen LogP contribution in [0.5, 0.6) is 0 Å². The molecule has 1 aromatic heterocycles. The molecule has 21 heavy (non-hydrogen) atoms. The van der Waals surface area contributed by atoms with Gasteiger partial charge in [-0.2, -0.15) is 9.40 Å². The molecule has 3 rings (SSSR count). The fraction of sp³-hybridized carbons (Fsp3) is 0.786. The lowest BCUT2D eigenvalue weighted by atomic mass is 10.3. The molecule has 0 amide bonds. The van der Waals surface area contributed by atoms with Crippen LogP contribution in [0.1, 0.15) is 50.4 Å². The summed E-state index contributed by atoms with van der Waals surface area (Å²) in [6.45, 7) is 4.92. The fourth-order valence-corrected chi connectivity index (χ4v) is 4.77. The van der Waals surface area contributed by atoms with E-state index in [2.05, 4.69) is 15.5 Å². The highest BCUT2D eigenvalue weighted by atomic mass is 32.2. The largest absolute Gasteiger partial charge is 0.308 e. The van der Waals surface area contributed by atoms with Crippen LogP contribution in [0, 0.1) is 6.92 Å². The highest BCUT2D eigenvalue weighted by Crippen LogP contribution is 2.34. The van der Waals surface area contributed by atoms with Crippen molar-refractivity contribution < 1.29 is 8.42 Å². The molecule has 0 bridgehead atoms. The molecule has 1 aromatic rings. The average molecular weight is 312 g/mol. The van der Waals surface area contributed by atoms with Crippen molar-refractivity contribution in [1.82, 2.24) is 19.8 Å². The van der Waals surface area contributed by atoms with E-state index in [0.717, 1.165) is 19.3 Å². The smallest absolute Gasteiger partial charge is 0.247 e. The number of nitrogens with one attached hydrogen (secondary N) is 2. The summed E-state index contributed by atoms with van der Waals surface area (Å²) >= 11 is 0. The lowest BCUT2D eigenvalue weighted by molar-refractivity contribution is 0.402. The fourth-order valence-electron chi connectivity index (χ4n) is 2.66. The van der Waals surface area contributed by atoms with Crippen molar-refractivity contribution in [3.05, 3.63) is 11.4 Å². The number of rotatable bonds is 8. The van der Waals surface area contributed by atoms with Gasteiger partial charge in [0.25, 0.3) is 0 Å². The molecule has 118 valence electrons. The first-order valence-electron chi connectivity index (χ1n) is 7.83. The molecular formula is C14H24N4O2S. The summed E-state index contributed by atoms with van der Waals surface area (Å²) in [4.78, 5) is 0.385. The molecule has 2 aliphatic rings. The van der Waals surface area contributed by atoms with Gasteiger partial charge in [-0.3, -0.25) is 5.10 Å². The minimum atomic E-state index is -3.45. The number of H-pyrrole nitrogens is 1. The second-order valence-electron chi connectivity index (χ2n) is 6.13. The van der Waals surface area contributed by atoms with Gasteiger partial charge in [-0.15, -0.1) is 0 Å². The average Bonchev–Trinajstić information content (AvgIpc) is 3.33. The number of hydrogen-bond donors (Lipinski definition) is 2. The molecule has 7 heteroatoms. The van der Waals surface area contributed by atoms with Crippen molar-refractivity contribution in [2.24, 2.45) is 0 Å². The molecule has 0 aliphatic heterocycles. The summed E-state index contributed by atoms with van der Waals surface area (Å²) < 4.78 is 27.7. The summed E-state index contributed by atoms with van der Waals surface area (Å²) in [5.41, 5.74) is 1.27. The van der Waals surface area contributed by atoms with Crippen LogP contribution in [0.15, 0.2) is 4.90 Å². The standard InChI is InChI=1S/C14H24N4O2S/c1-3-8-18(12-6-7-12)21(19,20)14-10(2)16-17-13(14)9-15-11-4-5-11/h11-12,15H,3-9H2,1-2H3,(H,16,17). The van der Waals surface area contributed by atoms with E-state index in [1.165, 1.54) is 12.8 Å². The Hall–Kier alpha value is -0.920. The van der Waals surface area contributed by atoms with Gasteiger partial charge in [0.05, 0.1) is 11.4 Å². The first-order chi connectivity index (χ1) is 10.0. The van der Waals surface area contributed by atoms with Gasteiger partial charge in [0.2, 0.25) is 10.0 Å². The molecule has 0 saturated heterocycles. The predicted octanol–water partition coefficient (Wildman–Crippen LogP) is 1.53. The Balaban J connectivity index is 1.87. The van der Waals surface area contributed by atoms with Crippen molar-refractivity contribution in [1.29, 1.82) is 0 Å². The Labute approximate surface area is 126 Å². The van der Waals surface area contributed by atoms with Crippen LogP contribution in [-0.2, 0) is 16.6 Å². The van der Waals surface area contributed by atoms with Gasteiger partial charge in [-0.05, 0) is 39.0 Å². The Morgan fingerprint density at radius 1 is 1.33 bits per heavy atom. The Bertz CT molecular complexity index is 602. The number of aryl methyl sites for hydroxylation is 1. The van der Waals surface area contributed by atoms with Gasteiger partial charge in [-0.1, -0.05) is 6.92 Å². The summed E-state index contributed by atoms with van der Waals surface area (Å²) in [6.07, 6.45) is 5.14. The van der Waals surface area contributed by atoms with E-state index in [4.69, 9.17) is 0 Å². The quantitative estimate of drug-likeness (QED) is 0.763. The first-order valence-corrected chi connectivity index (χ1v) is 9.27. The third-order valence-electron chi connectivity index (χ3n) is 4.06. The normalized spacial score (nSPS) is 19.4. The number of aromatic nitrogens is 2. The SMILES string of the molecule is CCCN(C1CC1)S(=O)(=O)c1c(CNC2CC2)n[nH]c1C. The molecule has 1 heterocycles. The minimum Gasteiger partial charge on any atom is -0.308 e. The highest BCUT2D eigenvalue weighted by Gasteiger charge is 2.40. The summed E-state index contributed by atoms with van der Waals surface area (Å²) in [6, 6.07) is 0.723. The zero-order chi connectivity index (χ0) is 15.0. The van der Waals surface area contributed by atoms with Crippen LogP contribution in [0.25, 0.3) is 0 Å². The molecule has 0 atom stereocenters. The van der Waals surface area contributed by atoms with Gasteiger partial charge in [-0.25, -0.2) is 8.42 Å². The Morgan fingerprint density at radius 3 is 2.62 bits per heavy atom. The van der Waals surface area contributed by atoms with E-state index < -0.39 is 10.0 Å². The van der Waals surface area contributed by atoms with Crippen LogP contribution in [0.4, 0.5) is 0 Å². The van der Waals surface area contributed by atoms with E-state index in [1.54, 1.807) is 11.2 Å². The van der Waals surface area contributed by atoms with Gasteiger partial charge < -0.3 is 5.32 Å². The molecule has 2 N–H and O–H groups in total. The number of nitrogens with zero attached hydrogens (tertiary/aromatic N) is 2. The Kier molecular flexibility index (Phi) is 4.07. The second kappa shape index (κ2) is 5.70. The second-order valence-corrected chi connectivity index (χ2v) is 7.95. The maximum atomic E-state index is 13.0. The van der Waals surface area contributed by atoms with Crippen LogP contribution in [-0.4, -0.2) is 41.5 Å². The molecule has 0 spiro atoms. The third-order valence-corrected chi connectivity index (χ3v) is 6.22.